The summed E-state index contributed by atoms with van der Waals surface area (Å²) in [4.78, 5) is 11.0. The number of carbonyl (C=O) groups excluding carboxylic acids is 1. The standard InChI is InChI=1S/C18H24N2O2/c1-3-4-10-17-19(13-15(2)18(21)22)11-12-20(17)14-16-8-6-5-7-9-16/h5-9,11-12,15H,3-4,10,13-14H2,1-2H3. The number of nitrogens with zero attached hydrogens (tertiary/aromatic N) is 2. The van der Waals surface area contributed by atoms with Gasteiger partial charge in [-0.2, -0.15) is 0 Å². The zero-order chi connectivity index (χ0) is 15.9. The van der Waals surface area contributed by atoms with Gasteiger partial charge in [0.05, 0.1) is 6.54 Å². The molecule has 0 fully saturated rings. The van der Waals surface area contributed by atoms with Gasteiger partial charge in [-0.1, -0.05) is 50.6 Å². The number of carboxylic acids is 1. The van der Waals surface area contributed by atoms with Crippen molar-refractivity contribution in [1.82, 2.24) is 4.57 Å². The van der Waals surface area contributed by atoms with Crippen molar-refractivity contribution in [3.8, 4) is 0 Å². The lowest BCUT2D eigenvalue weighted by atomic mass is 10.1. The first kappa shape index (κ1) is 16.3. The van der Waals surface area contributed by atoms with E-state index in [1.807, 2.05) is 30.6 Å². The molecule has 2 rings (SSSR count). The Hall–Kier alpha value is -2.10. The molecule has 4 heteroatoms. The van der Waals surface area contributed by atoms with Gasteiger partial charge in [-0.05, 0) is 12.0 Å². The van der Waals surface area contributed by atoms with E-state index in [9.17, 15) is 9.90 Å². The molecule has 1 heterocycles. The quantitative estimate of drug-likeness (QED) is 0.695. The van der Waals surface area contributed by atoms with E-state index in [2.05, 4.69) is 28.2 Å². The van der Waals surface area contributed by atoms with E-state index < -0.39 is 11.9 Å². The minimum Gasteiger partial charge on any atom is -0.550 e. The van der Waals surface area contributed by atoms with Crippen molar-refractivity contribution in [2.45, 2.75) is 46.2 Å². The lowest BCUT2D eigenvalue weighted by Gasteiger charge is -2.11. The Morgan fingerprint density at radius 3 is 2.68 bits per heavy atom. The van der Waals surface area contributed by atoms with Gasteiger partial charge in [-0.3, -0.25) is 0 Å². The van der Waals surface area contributed by atoms with Crippen molar-refractivity contribution in [3.63, 3.8) is 0 Å². The second-order valence-corrected chi connectivity index (χ2v) is 5.80. The molecule has 4 nitrogen and oxygen atoms in total. The number of benzene rings is 1. The Balaban J connectivity index is 2.21. The summed E-state index contributed by atoms with van der Waals surface area (Å²) in [5.41, 5.74) is 1.25. The summed E-state index contributed by atoms with van der Waals surface area (Å²) >= 11 is 0. The molecule has 0 aliphatic carbocycles. The second kappa shape index (κ2) is 7.78. The molecule has 22 heavy (non-hydrogen) atoms. The van der Waals surface area contributed by atoms with Gasteiger partial charge < -0.3 is 9.90 Å². The molecule has 0 aliphatic heterocycles. The molecule has 1 aromatic carbocycles. The van der Waals surface area contributed by atoms with Crippen LogP contribution in [-0.4, -0.2) is 10.5 Å². The highest BCUT2D eigenvalue weighted by molar-refractivity contribution is 5.66. The van der Waals surface area contributed by atoms with Crippen LogP contribution in [0.25, 0.3) is 0 Å². The van der Waals surface area contributed by atoms with E-state index in [4.69, 9.17) is 0 Å². The Morgan fingerprint density at radius 2 is 2.05 bits per heavy atom. The molecule has 0 saturated heterocycles. The number of rotatable bonds is 8. The molecule has 0 bridgehead atoms. The Bertz CT molecular complexity index is 605. The van der Waals surface area contributed by atoms with E-state index in [0.717, 1.165) is 25.8 Å². The van der Waals surface area contributed by atoms with Gasteiger partial charge in [0, 0.05) is 18.3 Å². The summed E-state index contributed by atoms with van der Waals surface area (Å²) in [5.74, 6) is -0.304. The molecule has 0 aliphatic rings. The molecule has 0 radical (unpaired) electrons. The minimum atomic E-state index is -0.996. The molecule has 0 spiro atoms. The van der Waals surface area contributed by atoms with Crippen LogP contribution in [0, 0.1) is 5.92 Å². The van der Waals surface area contributed by atoms with Crippen LogP contribution < -0.4 is 9.67 Å². The van der Waals surface area contributed by atoms with E-state index in [-0.39, 0.29) is 0 Å². The van der Waals surface area contributed by atoms with Gasteiger partial charge >= 0.3 is 0 Å². The topological polar surface area (TPSA) is 48.9 Å². The number of imidazole rings is 1. The highest BCUT2D eigenvalue weighted by Gasteiger charge is 2.19. The van der Waals surface area contributed by atoms with Gasteiger partial charge in [0.1, 0.15) is 18.9 Å². The van der Waals surface area contributed by atoms with Gasteiger partial charge in [0.15, 0.2) is 0 Å². The second-order valence-electron chi connectivity index (χ2n) is 5.80. The van der Waals surface area contributed by atoms with Crippen molar-refractivity contribution in [3.05, 3.63) is 54.1 Å². The average molecular weight is 300 g/mol. The zero-order valence-electron chi connectivity index (χ0n) is 13.4. The summed E-state index contributed by atoms with van der Waals surface area (Å²) in [5, 5.41) is 11.0. The fourth-order valence-electron chi connectivity index (χ4n) is 2.58. The van der Waals surface area contributed by atoms with Crippen molar-refractivity contribution in [2.75, 3.05) is 0 Å². The monoisotopic (exact) mass is 300 g/mol. The van der Waals surface area contributed by atoms with Gasteiger partial charge in [0.25, 0.3) is 5.82 Å². The van der Waals surface area contributed by atoms with Crippen LogP contribution in [0.15, 0.2) is 42.7 Å². The SMILES string of the molecule is CCCCc1n(CC(C)C(=O)[O-])cc[n+]1Cc1ccccc1. The number of unbranched alkanes of at least 4 members (excludes halogenated alkanes) is 1. The lowest BCUT2D eigenvalue weighted by Crippen LogP contribution is -2.39. The van der Waals surface area contributed by atoms with Crippen LogP contribution in [0.1, 0.15) is 38.1 Å². The molecule has 1 aromatic heterocycles. The van der Waals surface area contributed by atoms with Crippen LogP contribution in [0.4, 0.5) is 0 Å². The highest BCUT2D eigenvalue weighted by atomic mass is 16.4. The molecule has 0 saturated carbocycles. The van der Waals surface area contributed by atoms with Crippen LogP contribution in [0.2, 0.25) is 0 Å². The summed E-state index contributed by atoms with van der Waals surface area (Å²) in [6.45, 7) is 5.13. The number of hydrogen-bond acceptors (Lipinski definition) is 2. The Kier molecular flexibility index (Phi) is 5.75. The fraction of sp³-hybridized carbons (Fsp3) is 0.444. The summed E-state index contributed by atoms with van der Waals surface area (Å²) in [6, 6.07) is 10.3. The van der Waals surface area contributed by atoms with Crippen LogP contribution in [-0.2, 0) is 24.3 Å². The van der Waals surface area contributed by atoms with Crippen molar-refractivity contribution in [1.29, 1.82) is 0 Å². The van der Waals surface area contributed by atoms with Gasteiger partial charge in [-0.25, -0.2) is 9.13 Å². The fourth-order valence-corrected chi connectivity index (χ4v) is 2.58. The van der Waals surface area contributed by atoms with Crippen molar-refractivity contribution < 1.29 is 14.5 Å². The van der Waals surface area contributed by atoms with Gasteiger partial charge in [-0.15, -0.1) is 0 Å². The number of aliphatic carboxylic acids is 1. The smallest absolute Gasteiger partial charge is 0.256 e. The van der Waals surface area contributed by atoms with Crippen molar-refractivity contribution >= 4 is 5.97 Å². The largest absolute Gasteiger partial charge is 0.550 e. The molecular weight excluding hydrogens is 276 g/mol. The third kappa shape index (κ3) is 4.20. The van der Waals surface area contributed by atoms with E-state index in [1.54, 1.807) is 6.92 Å². The third-order valence-electron chi connectivity index (χ3n) is 3.91. The predicted octanol–water partition coefficient (Wildman–Crippen LogP) is 1.55. The maximum atomic E-state index is 11.0. The van der Waals surface area contributed by atoms with E-state index in [1.165, 1.54) is 11.4 Å². The van der Waals surface area contributed by atoms with Crippen LogP contribution in [0.5, 0.6) is 0 Å². The highest BCUT2D eigenvalue weighted by Crippen LogP contribution is 2.08. The lowest BCUT2D eigenvalue weighted by molar-refractivity contribution is -0.695. The molecule has 1 atom stereocenters. The number of hydrogen-bond donors (Lipinski definition) is 0. The van der Waals surface area contributed by atoms with Crippen LogP contribution >= 0.6 is 0 Å². The molecular formula is C18H24N2O2. The zero-order valence-corrected chi connectivity index (χ0v) is 13.4. The first-order valence-electron chi connectivity index (χ1n) is 7.94. The Labute approximate surface area is 132 Å². The van der Waals surface area contributed by atoms with Crippen LogP contribution in [0.3, 0.4) is 0 Å². The molecule has 1 unspecified atom stereocenters. The summed E-state index contributed by atoms with van der Waals surface area (Å²) < 4.78 is 4.27. The summed E-state index contributed by atoms with van der Waals surface area (Å²) in [6.07, 6.45) is 7.19. The molecule has 2 aromatic rings. The maximum absolute atomic E-state index is 11.0. The normalized spacial score (nSPS) is 12.3. The number of carbonyl (C=O) groups is 1. The van der Waals surface area contributed by atoms with Crippen molar-refractivity contribution in [2.24, 2.45) is 5.92 Å². The average Bonchev–Trinajstić information content (AvgIpc) is 2.88. The summed E-state index contributed by atoms with van der Waals surface area (Å²) in [7, 11) is 0. The maximum Gasteiger partial charge on any atom is 0.256 e. The molecule has 0 N–H and O–H groups in total. The van der Waals surface area contributed by atoms with Gasteiger partial charge in [0.2, 0.25) is 0 Å². The molecule has 118 valence electrons. The van der Waals surface area contributed by atoms with E-state index >= 15 is 0 Å². The first-order valence-corrected chi connectivity index (χ1v) is 7.94. The van der Waals surface area contributed by atoms with E-state index in [0.29, 0.717) is 6.54 Å². The predicted molar refractivity (Wildman–Crippen MR) is 83.0 cm³/mol. The third-order valence-corrected chi connectivity index (χ3v) is 3.91. The first-order chi connectivity index (χ1) is 10.6. The minimum absolute atomic E-state index is 0.461. The molecule has 0 amide bonds. The number of carboxylic acid groups (broad SMARTS) is 1. The Morgan fingerprint density at radius 1 is 1.32 bits per heavy atom. The number of aromatic nitrogens is 2.